The summed E-state index contributed by atoms with van der Waals surface area (Å²) in [7, 11) is -0.683. The first kappa shape index (κ1) is 18.6. The van der Waals surface area contributed by atoms with E-state index < -0.39 is 10.0 Å². The molecule has 0 bridgehead atoms. The van der Waals surface area contributed by atoms with Gasteiger partial charge in [0.1, 0.15) is 5.75 Å². The number of unbranched alkanes of at least 4 members (excludes halogenated alkanes) is 1. The predicted molar refractivity (Wildman–Crippen MR) is 111 cm³/mol. The van der Waals surface area contributed by atoms with E-state index in [2.05, 4.69) is 63.4 Å². The molecule has 0 spiro atoms. The average molecular weight is 361 g/mol. The van der Waals surface area contributed by atoms with Crippen molar-refractivity contribution in [3.63, 3.8) is 0 Å². The average Bonchev–Trinajstić information content (AvgIpc) is 2.55. The van der Waals surface area contributed by atoms with Crippen molar-refractivity contribution < 1.29 is 9.47 Å². The highest BCUT2D eigenvalue weighted by atomic mass is 32.3. The SMILES string of the molecule is CCCCOc1ccc(CS2(C)CC(C)OC(C)C2)c2ccccc12. The van der Waals surface area contributed by atoms with Crippen molar-refractivity contribution in [3.8, 4) is 5.75 Å². The fourth-order valence-electron chi connectivity index (χ4n) is 4.08. The van der Waals surface area contributed by atoms with E-state index in [1.165, 1.54) is 33.6 Å². The summed E-state index contributed by atoms with van der Waals surface area (Å²) in [5.74, 6) is 4.63. The molecular formula is C22H32O2S. The molecule has 2 aromatic carbocycles. The van der Waals surface area contributed by atoms with Gasteiger partial charge in [-0.3, -0.25) is 0 Å². The fourth-order valence-corrected chi connectivity index (χ4v) is 7.88. The van der Waals surface area contributed by atoms with Crippen molar-refractivity contribution in [2.45, 2.75) is 51.6 Å². The fraction of sp³-hybridized carbons (Fsp3) is 0.545. The van der Waals surface area contributed by atoms with E-state index in [9.17, 15) is 0 Å². The van der Waals surface area contributed by atoms with Crippen molar-refractivity contribution >= 4 is 20.8 Å². The van der Waals surface area contributed by atoms with E-state index >= 15 is 0 Å². The molecule has 3 rings (SSSR count). The van der Waals surface area contributed by atoms with E-state index in [0.717, 1.165) is 25.2 Å². The molecule has 2 nitrogen and oxygen atoms in total. The molecule has 1 aliphatic heterocycles. The molecule has 0 saturated carbocycles. The van der Waals surface area contributed by atoms with Crippen LogP contribution in [0, 0.1) is 0 Å². The topological polar surface area (TPSA) is 18.5 Å². The maximum absolute atomic E-state index is 6.05. The second kappa shape index (κ2) is 8.01. The van der Waals surface area contributed by atoms with Crippen molar-refractivity contribution in [2.75, 3.05) is 24.4 Å². The third-order valence-corrected chi connectivity index (χ3v) is 8.53. The number of hydrogen-bond donors (Lipinski definition) is 0. The summed E-state index contributed by atoms with van der Waals surface area (Å²) in [6.07, 6.45) is 5.53. The van der Waals surface area contributed by atoms with Crippen LogP contribution in [0.25, 0.3) is 10.8 Å². The molecule has 25 heavy (non-hydrogen) atoms. The lowest BCUT2D eigenvalue weighted by molar-refractivity contribution is 0.0275. The van der Waals surface area contributed by atoms with Crippen molar-refractivity contribution in [3.05, 3.63) is 42.0 Å². The van der Waals surface area contributed by atoms with E-state index in [-0.39, 0.29) is 0 Å². The molecule has 0 aliphatic carbocycles. The third-order valence-electron chi connectivity index (χ3n) is 4.97. The Balaban J connectivity index is 1.88. The highest BCUT2D eigenvalue weighted by molar-refractivity contribution is 8.32. The molecule has 0 aromatic heterocycles. The minimum atomic E-state index is -0.683. The minimum absolute atomic E-state index is 0.381. The van der Waals surface area contributed by atoms with E-state index in [1.807, 2.05) is 0 Å². The zero-order valence-electron chi connectivity index (χ0n) is 16.1. The van der Waals surface area contributed by atoms with Gasteiger partial charge in [0.05, 0.1) is 18.8 Å². The number of hydrogen-bond acceptors (Lipinski definition) is 2. The predicted octanol–water partition coefficient (Wildman–Crippen LogP) is 5.76. The molecule has 3 heteroatoms. The van der Waals surface area contributed by atoms with Gasteiger partial charge in [0.25, 0.3) is 0 Å². The van der Waals surface area contributed by atoms with Gasteiger partial charge < -0.3 is 9.47 Å². The lowest BCUT2D eigenvalue weighted by Gasteiger charge is -2.45. The Kier molecular flexibility index (Phi) is 5.96. The largest absolute Gasteiger partial charge is 0.493 e. The summed E-state index contributed by atoms with van der Waals surface area (Å²) in [6.45, 7) is 7.45. The second-order valence-electron chi connectivity index (χ2n) is 7.68. The maximum Gasteiger partial charge on any atom is 0.127 e. The monoisotopic (exact) mass is 360 g/mol. The lowest BCUT2D eigenvalue weighted by atomic mass is 10.0. The Bertz CT molecular complexity index is 702. The van der Waals surface area contributed by atoms with Gasteiger partial charge in [0, 0.05) is 22.6 Å². The van der Waals surface area contributed by atoms with E-state index in [0.29, 0.717) is 12.2 Å². The first-order valence-corrected chi connectivity index (χ1v) is 12.1. The van der Waals surface area contributed by atoms with Crippen LogP contribution >= 0.6 is 10.0 Å². The van der Waals surface area contributed by atoms with Crippen LogP contribution in [0.2, 0.25) is 0 Å². The van der Waals surface area contributed by atoms with Crippen molar-refractivity contribution in [1.29, 1.82) is 0 Å². The van der Waals surface area contributed by atoms with Crippen LogP contribution in [0.3, 0.4) is 0 Å². The number of fused-ring (bicyclic) bond motifs is 1. The molecule has 2 atom stereocenters. The maximum atomic E-state index is 6.05. The van der Waals surface area contributed by atoms with E-state index in [4.69, 9.17) is 9.47 Å². The Morgan fingerprint density at radius 1 is 1.04 bits per heavy atom. The molecule has 1 heterocycles. The van der Waals surface area contributed by atoms with E-state index in [1.54, 1.807) is 0 Å². The molecule has 2 aromatic rings. The first-order valence-electron chi connectivity index (χ1n) is 9.51. The number of benzene rings is 2. The number of ether oxygens (including phenoxy) is 2. The summed E-state index contributed by atoms with van der Waals surface area (Å²) in [6, 6.07) is 13.2. The van der Waals surface area contributed by atoms with Gasteiger partial charge in [-0.1, -0.05) is 43.7 Å². The van der Waals surface area contributed by atoms with Gasteiger partial charge in [-0.2, -0.15) is 0 Å². The van der Waals surface area contributed by atoms with Crippen LogP contribution < -0.4 is 4.74 Å². The lowest BCUT2D eigenvalue weighted by Crippen LogP contribution is -2.36. The smallest absolute Gasteiger partial charge is 0.127 e. The van der Waals surface area contributed by atoms with Gasteiger partial charge in [0.15, 0.2) is 0 Å². The molecule has 1 aliphatic rings. The molecule has 138 valence electrons. The standard InChI is InChI=1S/C22H32O2S/c1-5-6-13-23-22-12-11-19(20-9-7-8-10-21(20)22)16-25(4)14-17(2)24-18(3)15-25/h7-12,17-18H,5-6,13-16H2,1-4H3. The molecule has 0 amide bonds. The van der Waals surface area contributed by atoms with Crippen molar-refractivity contribution in [2.24, 2.45) is 0 Å². The van der Waals surface area contributed by atoms with Crippen LogP contribution in [0.4, 0.5) is 0 Å². The summed E-state index contributed by atoms with van der Waals surface area (Å²) in [5, 5.41) is 2.62. The van der Waals surface area contributed by atoms with Gasteiger partial charge >= 0.3 is 0 Å². The van der Waals surface area contributed by atoms with Crippen LogP contribution in [0.1, 0.15) is 39.2 Å². The van der Waals surface area contributed by atoms with Gasteiger partial charge in [-0.05, 0) is 43.5 Å². The number of rotatable bonds is 6. The second-order valence-corrected chi connectivity index (χ2v) is 11.6. The van der Waals surface area contributed by atoms with Crippen LogP contribution in [-0.4, -0.2) is 36.6 Å². The first-order chi connectivity index (χ1) is 12.0. The van der Waals surface area contributed by atoms with Gasteiger partial charge in [0.2, 0.25) is 0 Å². The van der Waals surface area contributed by atoms with Crippen LogP contribution in [0.5, 0.6) is 5.75 Å². The van der Waals surface area contributed by atoms with Crippen LogP contribution in [0.15, 0.2) is 36.4 Å². The Morgan fingerprint density at radius 3 is 2.40 bits per heavy atom. The Labute approximate surface area is 154 Å². The van der Waals surface area contributed by atoms with Crippen molar-refractivity contribution in [1.82, 2.24) is 0 Å². The molecule has 1 fully saturated rings. The van der Waals surface area contributed by atoms with Gasteiger partial charge in [-0.15, -0.1) is 0 Å². The summed E-state index contributed by atoms with van der Waals surface area (Å²) >= 11 is 0. The molecular weight excluding hydrogens is 328 g/mol. The Morgan fingerprint density at radius 2 is 1.72 bits per heavy atom. The zero-order chi connectivity index (χ0) is 17.9. The Hall–Kier alpha value is -1.19. The quantitative estimate of drug-likeness (QED) is 0.610. The zero-order valence-corrected chi connectivity index (χ0v) is 16.9. The highest BCUT2D eigenvalue weighted by Gasteiger charge is 2.31. The van der Waals surface area contributed by atoms with Crippen LogP contribution in [-0.2, 0) is 10.5 Å². The summed E-state index contributed by atoms with van der Waals surface area (Å²) in [5.41, 5.74) is 1.47. The minimum Gasteiger partial charge on any atom is -0.493 e. The molecule has 1 saturated heterocycles. The summed E-state index contributed by atoms with van der Waals surface area (Å²) in [4.78, 5) is 0. The molecule has 0 N–H and O–H groups in total. The molecule has 0 radical (unpaired) electrons. The van der Waals surface area contributed by atoms with Gasteiger partial charge in [-0.25, -0.2) is 10.0 Å². The normalized spacial score (nSPS) is 29.3. The third kappa shape index (κ3) is 4.51. The molecule has 2 unspecified atom stereocenters. The highest BCUT2D eigenvalue weighted by Crippen LogP contribution is 2.52. The summed E-state index contributed by atoms with van der Waals surface area (Å²) < 4.78 is 12.0.